The summed E-state index contributed by atoms with van der Waals surface area (Å²) in [4.78, 5) is 13.7. The van der Waals surface area contributed by atoms with E-state index in [1.54, 1.807) is 6.92 Å². The minimum atomic E-state index is -4.17. The van der Waals surface area contributed by atoms with Crippen LogP contribution in [0, 0.1) is 5.92 Å². The maximum atomic E-state index is 12.4. The molecule has 1 aliphatic heterocycles. The Balaban J connectivity index is 0.00000312. The minimum absolute atomic E-state index is 0. The number of hydrogen-bond acceptors (Lipinski definition) is 3. The first kappa shape index (κ1) is 21.7. The van der Waals surface area contributed by atoms with Crippen molar-refractivity contribution < 1.29 is 18.0 Å². The van der Waals surface area contributed by atoms with Crippen LogP contribution in [0.4, 0.5) is 13.2 Å². The summed E-state index contributed by atoms with van der Waals surface area (Å²) < 4.78 is 37.1. The molecule has 2 atom stereocenters. The highest BCUT2D eigenvalue weighted by molar-refractivity contribution is 5.85. The van der Waals surface area contributed by atoms with Crippen molar-refractivity contribution in [1.29, 1.82) is 0 Å². The molecule has 0 bridgehead atoms. The topological polar surface area (TPSA) is 58.4 Å². The zero-order valence-electron chi connectivity index (χ0n) is 14.1. The molecule has 0 aromatic heterocycles. The number of piperidine rings is 1. The number of likely N-dealkylation sites (tertiary alicyclic amines) is 1. The molecule has 1 heterocycles. The fourth-order valence-corrected chi connectivity index (χ4v) is 2.95. The third kappa shape index (κ3) is 6.84. The van der Waals surface area contributed by atoms with E-state index in [1.165, 1.54) is 4.90 Å². The monoisotopic (exact) mass is 379 g/mol. The molecule has 0 radical (unpaired) electrons. The average molecular weight is 380 g/mol. The first-order valence-corrected chi connectivity index (χ1v) is 8.16. The molecular formula is C17H25ClF3N3O. The highest BCUT2D eigenvalue weighted by atomic mass is 35.5. The van der Waals surface area contributed by atoms with Crippen molar-refractivity contribution in [2.24, 2.45) is 11.7 Å². The predicted molar refractivity (Wildman–Crippen MR) is 93.4 cm³/mol. The summed E-state index contributed by atoms with van der Waals surface area (Å²) in [6, 6.07) is 8.89. The molecule has 1 aromatic carbocycles. The van der Waals surface area contributed by atoms with Gasteiger partial charge < -0.3 is 11.1 Å². The number of nitrogens with zero attached hydrogens (tertiary/aromatic N) is 1. The lowest BCUT2D eigenvalue weighted by Crippen LogP contribution is -2.48. The molecule has 0 saturated carbocycles. The SMILES string of the molecule is CC(C(=O)NC1CCN(CC(F)(F)F)CC1)C(N)c1ccccc1.Cl. The number of alkyl halides is 3. The highest BCUT2D eigenvalue weighted by Gasteiger charge is 2.33. The van der Waals surface area contributed by atoms with Crippen LogP contribution >= 0.6 is 12.4 Å². The van der Waals surface area contributed by atoms with E-state index in [-0.39, 0.29) is 24.4 Å². The van der Waals surface area contributed by atoms with Crippen molar-refractivity contribution >= 4 is 18.3 Å². The van der Waals surface area contributed by atoms with Crippen molar-refractivity contribution in [3.63, 3.8) is 0 Å². The van der Waals surface area contributed by atoms with E-state index in [4.69, 9.17) is 5.73 Å². The van der Waals surface area contributed by atoms with Gasteiger partial charge in [0, 0.05) is 25.2 Å². The Morgan fingerprint density at radius 2 is 1.84 bits per heavy atom. The van der Waals surface area contributed by atoms with Crippen LogP contribution in [0.5, 0.6) is 0 Å². The van der Waals surface area contributed by atoms with Gasteiger partial charge in [0.2, 0.25) is 5.91 Å². The number of carbonyl (C=O) groups excluding carboxylic acids is 1. The number of nitrogens with two attached hydrogens (primary N) is 1. The van der Waals surface area contributed by atoms with Crippen molar-refractivity contribution in [2.45, 2.75) is 38.0 Å². The molecule has 2 unspecified atom stereocenters. The molecule has 25 heavy (non-hydrogen) atoms. The van der Waals surface area contributed by atoms with Crippen LogP contribution in [0.2, 0.25) is 0 Å². The lowest BCUT2D eigenvalue weighted by Gasteiger charge is -2.33. The third-order valence-electron chi connectivity index (χ3n) is 4.47. The number of carbonyl (C=O) groups is 1. The summed E-state index contributed by atoms with van der Waals surface area (Å²) in [5.74, 6) is -0.554. The first-order chi connectivity index (χ1) is 11.3. The Bertz CT molecular complexity index is 534. The van der Waals surface area contributed by atoms with Gasteiger partial charge in [0.05, 0.1) is 12.5 Å². The van der Waals surface area contributed by atoms with Gasteiger partial charge in [-0.05, 0) is 18.4 Å². The lowest BCUT2D eigenvalue weighted by atomic mass is 9.94. The summed E-state index contributed by atoms with van der Waals surface area (Å²) >= 11 is 0. The van der Waals surface area contributed by atoms with Crippen LogP contribution in [0.25, 0.3) is 0 Å². The molecule has 4 nitrogen and oxygen atoms in total. The van der Waals surface area contributed by atoms with E-state index in [0.717, 1.165) is 5.56 Å². The Hall–Kier alpha value is -1.31. The van der Waals surface area contributed by atoms with Gasteiger partial charge in [0.1, 0.15) is 0 Å². The van der Waals surface area contributed by atoms with Crippen LogP contribution in [0.1, 0.15) is 31.4 Å². The third-order valence-corrected chi connectivity index (χ3v) is 4.47. The van der Waals surface area contributed by atoms with E-state index in [1.807, 2.05) is 30.3 Å². The van der Waals surface area contributed by atoms with E-state index in [9.17, 15) is 18.0 Å². The van der Waals surface area contributed by atoms with Gasteiger partial charge in [0.15, 0.2) is 0 Å². The summed E-state index contributed by atoms with van der Waals surface area (Å²) in [5.41, 5.74) is 7.03. The summed E-state index contributed by atoms with van der Waals surface area (Å²) in [6.45, 7) is 1.56. The number of nitrogens with one attached hydrogen (secondary N) is 1. The number of amides is 1. The number of halogens is 4. The Labute approximate surface area is 152 Å². The molecule has 1 aromatic rings. The van der Waals surface area contributed by atoms with E-state index < -0.39 is 24.7 Å². The highest BCUT2D eigenvalue weighted by Crippen LogP contribution is 2.22. The molecule has 1 amide bonds. The smallest absolute Gasteiger partial charge is 0.353 e. The van der Waals surface area contributed by atoms with Crippen molar-refractivity contribution in [3.05, 3.63) is 35.9 Å². The zero-order valence-corrected chi connectivity index (χ0v) is 14.9. The van der Waals surface area contributed by atoms with Gasteiger partial charge in [-0.25, -0.2) is 0 Å². The molecule has 1 fully saturated rings. The fraction of sp³-hybridized carbons (Fsp3) is 0.588. The van der Waals surface area contributed by atoms with Crippen LogP contribution in [0.15, 0.2) is 30.3 Å². The molecule has 2 rings (SSSR count). The summed E-state index contributed by atoms with van der Waals surface area (Å²) in [6.07, 6.45) is -3.13. The molecule has 142 valence electrons. The quantitative estimate of drug-likeness (QED) is 0.827. The standard InChI is InChI=1S/C17H24F3N3O.ClH/c1-12(15(21)13-5-3-2-4-6-13)16(24)22-14-7-9-23(10-8-14)11-17(18,19)20;/h2-6,12,14-15H,7-11,21H2,1H3,(H,22,24);1H. The molecule has 1 saturated heterocycles. The fourth-order valence-electron chi connectivity index (χ4n) is 2.95. The second-order valence-corrected chi connectivity index (χ2v) is 6.40. The van der Waals surface area contributed by atoms with E-state index in [0.29, 0.717) is 25.9 Å². The number of hydrogen-bond donors (Lipinski definition) is 2. The van der Waals surface area contributed by atoms with Gasteiger partial charge in [-0.2, -0.15) is 13.2 Å². The van der Waals surface area contributed by atoms with Crippen LogP contribution in [0.3, 0.4) is 0 Å². The molecular weight excluding hydrogens is 355 g/mol. The van der Waals surface area contributed by atoms with Gasteiger partial charge >= 0.3 is 6.18 Å². The average Bonchev–Trinajstić information content (AvgIpc) is 2.54. The molecule has 0 spiro atoms. The molecule has 1 aliphatic rings. The largest absolute Gasteiger partial charge is 0.401 e. The molecule has 8 heteroatoms. The number of rotatable bonds is 5. The van der Waals surface area contributed by atoms with E-state index >= 15 is 0 Å². The van der Waals surface area contributed by atoms with Gasteiger partial charge in [0.25, 0.3) is 0 Å². The maximum absolute atomic E-state index is 12.4. The second-order valence-electron chi connectivity index (χ2n) is 6.40. The summed E-state index contributed by atoms with van der Waals surface area (Å²) in [5, 5.41) is 2.93. The van der Waals surface area contributed by atoms with E-state index in [2.05, 4.69) is 5.32 Å². The normalized spacial score (nSPS) is 18.9. The van der Waals surface area contributed by atoms with Crippen molar-refractivity contribution in [3.8, 4) is 0 Å². The molecule has 3 N–H and O–H groups in total. The lowest BCUT2D eigenvalue weighted by molar-refractivity contribution is -0.148. The Kier molecular flexibility index (Phi) is 8.18. The Morgan fingerprint density at radius 1 is 1.28 bits per heavy atom. The van der Waals surface area contributed by atoms with Crippen LogP contribution in [-0.4, -0.2) is 42.7 Å². The van der Waals surface area contributed by atoms with Crippen molar-refractivity contribution in [1.82, 2.24) is 10.2 Å². The van der Waals surface area contributed by atoms with Crippen LogP contribution < -0.4 is 11.1 Å². The minimum Gasteiger partial charge on any atom is -0.353 e. The zero-order chi connectivity index (χ0) is 17.7. The van der Waals surface area contributed by atoms with Crippen LogP contribution in [-0.2, 0) is 4.79 Å². The first-order valence-electron chi connectivity index (χ1n) is 8.16. The number of benzene rings is 1. The summed E-state index contributed by atoms with van der Waals surface area (Å²) in [7, 11) is 0. The Morgan fingerprint density at radius 3 is 2.36 bits per heavy atom. The van der Waals surface area contributed by atoms with Gasteiger partial charge in [-0.3, -0.25) is 9.69 Å². The van der Waals surface area contributed by atoms with Crippen molar-refractivity contribution in [2.75, 3.05) is 19.6 Å². The van der Waals surface area contributed by atoms with Gasteiger partial charge in [-0.15, -0.1) is 12.4 Å². The van der Waals surface area contributed by atoms with Gasteiger partial charge in [-0.1, -0.05) is 37.3 Å². The molecule has 0 aliphatic carbocycles. The predicted octanol–water partition coefficient (Wildman–Crippen LogP) is 2.89. The second kappa shape index (κ2) is 9.40. The maximum Gasteiger partial charge on any atom is 0.401 e.